The predicted molar refractivity (Wildman–Crippen MR) is 94.7 cm³/mol. The first-order chi connectivity index (χ1) is 12.2. The fourth-order valence-electron chi connectivity index (χ4n) is 2.77. The monoisotopic (exact) mass is 340 g/mol. The van der Waals surface area contributed by atoms with Crippen molar-refractivity contribution in [2.24, 2.45) is 15.7 Å². The summed E-state index contributed by atoms with van der Waals surface area (Å²) in [5, 5.41) is 9.18. The van der Waals surface area contributed by atoms with Crippen LogP contribution in [0.25, 0.3) is 0 Å². The SMILES string of the molecule is NC=NC(=NC(=O)c1ccccc1)c1ccc(C2CCC(CO)O2)[nH]1. The van der Waals surface area contributed by atoms with Gasteiger partial charge in [0, 0.05) is 11.3 Å². The number of hydrogen-bond acceptors (Lipinski definition) is 3. The minimum atomic E-state index is -0.394. The lowest BCUT2D eigenvalue weighted by Gasteiger charge is -2.10. The van der Waals surface area contributed by atoms with Crippen LogP contribution in [0.4, 0.5) is 0 Å². The van der Waals surface area contributed by atoms with Crippen molar-refractivity contribution < 1.29 is 14.6 Å². The number of nitrogens with two attached hydrogens (primary N) is 1. The number of aliphatic hydroxyl groups excluding tert-OH is 1. The summed E-state index contributed by atoms with van der Waals surface area (Å²) in [5.74, 6) is -0.186. The third-order valence-corrected chi connectivity index (χ3v) is 4.03. The van der Waals surface area contributed by atoms with Crippen LogP contribution in [0.15, 0.2) is 52.4 Å². The molecule has 2 aromatic rings. The van der Waals surface area contributed by atoms with Crippen LogP contribution in [0.2, 0.25) is 0 Å². The van der Waals surface area contributed by atoms with Crippen LogP contribution in [0.5, 0.6) is 0 Å². The van der Waals surface area contributed by atoms with E-state index in [4.69, 9.17) is 10.5 Å². The molecule has 2 unspecified atom stereocenters. The van der Waals surface area contributed by atoms with Gasteiger partial charge in [-0.05, 0) is 37.1 Å². The molecular weight excluding hydrogens is 320 g/mol. The Bertz CT molecular complexity index is 783. The zero-order valence-electron chi connectivity index (χ0n) is 13.6. The number of amides is 1. The van der Waals surface area contributed by atoms with Gasteiger partial charge in [-0.2, -0.15) is 4.99 Å². The highest BCUT2D eigenvalue weighted by Crippen LogP contribution is 2.32. The molecule has 1 saturated heterocycles. The zero-order chi connectivity index (χ0) is 17.6. The molecule has 7 nitrogen and oxygen atoms in total. The largest absolute Gasteiger partial charge is 0.394 e. The number of aromatic nitrogens is 1. The Morgan fingerprint density at radius 2 is 2.08 bits per heavy atom. The molecule has 0 spiro atoms. The Morgan fingerprint density at radius 3 is 2.76 bits per heavy atom. The molecule has 25 heavy (non-hydrogen) atoms. The van der Waals surface area contributed by atoms with E-state index in [2.05, 4.69) is 15.0 Å². The lowest BCUT2D eigenvalue weighted by atomic mass is 10.1. The summed E-state index contributed by atoms with van der Waals surface area (Å²) in [7, 11) is 0. The van der Waals surface area contributed by atoms with Gasteiger partial charge in [0.25, 0.3) is 5.91 Å². The molecule has 7 heteroatoms. The maximum atomic E-state index is 12.3. The van der Waals surface area contributed by atoms with Crippen LogP contribution in [0.1, 0.15) is 40.7 Å². The molecule has 1 aliphatic rings. The number of hydrogen-bond donors (Lipinski definition) is 3. The highest BCUT2D eigenvalue weighted by molar-refractivity contribution is 6.10. The van der Waals surface area contributed by atoms with Crippen LogP contribution in [-0.2, 0) is 4.74 Å². The molecule has 1 amide bonds. The molecule has 0 saturated carbocycles. The standard InChI is InChI=1S/C18H20N4O3/c19-11-20-17(22-18(24)12-4-2-1-3-5-12)15-8-7-14(21-15)16-9-6-13(10-23)25-16/h1-5,7-8,11,13,16,21,23H,6,9-10H2,(H2,19,20,22,24). The van der Waals surface area contributed by atoms with Crippen LogP contribution in [0.3, 0.4) is 0 Å². The highest BCUT2D eigenvalue weighted by Gasteiger charge is 2.27. The summed E-state index contributed by atoms with van der Waals surface area (Å²) >= 11 is 0. The minimum absolute atomic E-state index is 0.0137. The van der Waals surface area contributed by atoms with Gasteiger partial charge in [0.05, 0.1) is 30.8 Å². The van der Waals surface area contributed by atoms with Gasteiger partial charge < -0.3 is 20.6 Å². The smallest absolute Gasteiger partial charge is 0.279 e. The van der Waals surface area contributed by atoms with Crippen molar-refractivity contribution in [1.29, 1.82) is 0 Å². The number of benzene rings is 1. The minimum Gasteiger partial charge on any atom is -0.394 e. The van der Waals surface area contributed by atoms with Crippen molar-refractivity contribution in [3.63, 3.8) is 0 Å². The fraction of sp³-hybridized carbons (Fsp3) is 0.278. The van der Waals surface area contributed by atoms with Gasteiger partial charge in [0.1, 0.15) is 0 Å². The molecule has 1 aliphatic heterocycles. The highest BCUT2D eigenvalue weighted by atomic mass is 16.5. The molecule has 4 N–H and O–H groups in total. The van der Waals surface area contributed by atoms with Gasteiger partial charge in [0.2, 0.25) is 0 Å². The van der Waals surface area contributed by atoms with Crippen molar-refractivity contribution in [3.05, 3.63) is 59.4 Å². The van der Waals surface area contributed by atoms with Crippen molar-refractivity contribution in [2.75, 3.05) is 6.61 Å². The zero-order valence-corrected chi connectivity index (χ0v) is 13.6. The summed E-state index contributed by atoms with van der Waals surface area (Å²) in [6.07, 6.45) is 2.49. The summed E-state index contributed by atoms with van der Waals surface area (Å²) in [4.78, 5) is 23.5. The van der Waals surface area contributed by atoms with Crippen LogP contribution < -0.4 is 5.73 Å². The maximum Gasteiger partial charge on any atom is 0.279 e. The lowest BCUT2D eigenvalue weighted by molar-refractivity contribution is 0.00943. The predicted octanol–water partition coefficient (Wildman–Crippen LogP) is 1.80. The number of carbonyl (C=O) groups excluding carboxylic acids is 1. The summed E-state index contributed by atoms with van der Waals surface area (Å²) in [5.41, 5.74) is 7.31. The van der Waals surface area contributed by atoms with Crippen LogP contribution >= 0.6 is 0 Å². The van der Waals surface area contributed by atoms with Gasteiger partial charge in [-0.25, -0.2) is 4.99 Å². The van der Waals surface area contributed by atoms with E-state index in [0.717, 1.165) is 24.9 Å². The number of carbonyl (C=O) groups is 1. The number of aliphatic imine (C=N–C) groups is 2. The average molecular weight is 340 g/mol. The molecule has 0 aliphatic carbocycles. The third kappa shape index (κ3) is 4.01. The number of aliphatic hydroxyl groups is 1. The van der Waals surface area contributed by atoms with Gasteiger partial charge in [-0.15, -0.1) is 0 Å². The first kappa shape index (κ1) is 17.1. The molecule has 2 heterocycles. The number of nitrogens with one attached hydrogen (secondary N) is 1. The van der Waals surface area contributed by atoms with Gasteiger partial charge >= 0.3 is 0 Å². The van der Waals surface area contributed by atoms with Gasteiger partial charge in [-0.1, -0.05) is 18.2 Å². The van der Waals surface area contributed by atoms with Crippen molar-refractivity contribution in [1.82, 2.24) is 4.98 Å². The fourth-order valence-corrected chi connectivity index (χ4v) is 2.77. The molecule has 3 rings (SSSR count). The van der Waals surface area contributed by atoms with E-state index >= 15 is 0 Å². The topological polar surface area (TPSA) is 113 Å². The number of nitrogens with zero attached hydrogens (tertiary/aromatic N) is 2. The van der Waals surface area contributed by atoms with Crippen molar-refractivity contribution >= 4 is 18.1 Å². The second-order valence-corrected chi connectivity index (χ2v) is 5.72. The Kier molecular flexibility index (Phi) is 5.37. The van der Waals surface area contributed by atoms with E-state index < -0.39 is 5.91 Å². The molecule has 1 aromatic carbocycles. The van der Waals surface area contributed by atoms with E-state index in [9.17, 15) is 9.90 Å². The second-order valence-electron chi connectivity index (χ2n) is 5.72. The van der Waals surface area contributed by atoms with E-state index in [-0.39, 0.29) is 24.7 Å². The summed E-state index contributed by atoms with van der Waals surface area (Å²) < 4.78 is 5.75. The second kappa shape index (κ2) is 7.87. The quantitative estimate of drug-likeness (QED) is 0.582. The molecule has 2 atom stereocenters. The Hall–Kier alpha value is -2.77. The molecule has 0 radical (unpaired) electrons. The molecule has 0 bridgehead atoms. The van der Waals surface area contributed by atoms with Crippen LogP contribution in [-0.4, -0.2) is 40.9 Å². The normalized spacial score (nSPS) is 21.1. The first-order valence-electron chi connectivity index (χ1n) is 8.09. The molecule has 1 aromatic heterocycles. The first-order valence-corrected chi connectivity index (χ1v) is 8.09. The summed E-state index contributed by atoms with van der Waals surface area (Å²) in [6, 6.07) is 12.4. The number of aromatic amines is 1. The Balaban J connectivity index is 1.82. The lowest BCUT2D eigenvalue weighted by Crippen LogP contribution is -2.11. The van der Waals surface area contributed by atoms with E-state index in [0.29, 0.717) is 11.3 Å². The van der Waals surface area contributed by atoms with Crippen molar-refractivity contribution in [3.8, 4) is 0 Å². The van der Waals surface area contributed by atoms with Crippen LogP contribution in [0, 0.1) is 0 Å². The van der Waals surface area contributed by atoms with Crippen molar-refractivity contribution in [2.45, 2.75) is 25.0 Å². The third-order valence-electron chi connectivity index (χ3n) is 4.03. The van der Waals surface area contributed by atoms with E-state index in [1.54, 1.807) is 30.3 Å². The molecule has 1 fully saturated rings. The number of ether oxygens (including phenoxy) is 1. The Labute approximate surface area is 145 Å². The van der Waals surface area contributed by atoms with Gasteiger partial charge in [0.15, 0.2) is 5.84 Å². The van der Waals surface area contributed by atoms with E-state index in [1.807, 2.05) is 12.1 Å². The summed E-state index contributed by atoms with van der Waals surface area (Å²) in [6.45, 7) is 0.0137. The van der Waals surface area contributed by atoms with E-state index in [1.165, 1.54) is 0 Å². The van der Waals surface area contributed by atoms with Gasteiger partial charge in [-0.3, -0.25) is 4.79 Å². The Morgan fingerprint density at radius 1 is 1.28 bits per heavy atom. The number of H-pyrrole nitrogens is 1. The maximum absolute atomic E-state index is 12.3. The number of amidine groups is 1. The molecule has 130 valence electrons. The number of rotatable bonds is 4. The molecular formula is C18H20N4O3. The average Bonchev–Trinajstić information content (AvgIpc) is 3.31.